The summed E-state index contributed by atoms with van der Waals surface area (Å²) in [6.45, 7) is 4.63. The molecule has 0 radical (unpaired) electrons. The summed E-state index contributed by atoms with van der Waals surface area (Å²) in [5.74, 6) is -1.82. The summed E-state index contributed by atoms with van der Waals surface area (Å²) in [5.41, 5.74) is 5.72. The molecule has 1 aliphatic rings. The van der Waals surface area contributed by atoms with Crippen LogP contribution in [0.5, 0.6) is 0 Å². The summed E-state index contributed by atoms with van der Waals surface area (Å²) in [6.07, 6.45) is 4.55. The highest BCUT2D eigenvalue weighted by molar-refractivity contribution is 6.06. The zero-order valence-corrected chi connectivity index (χ0v) is 21.6. The van der Waals surface area contributed by atoms with E-state index in [1.165, 1.54) is 0 Å². The van der Waals surface area contributed by atoms with Crippen molar-refractivity contribution in [2.24, 2.45) is 24.6 Å². The minimum atomic E-state index is -1.43. The van der Waals surface area contributed by atoms with Gasteiger partial charge < -0.3 is 26.0 Å². The van der Waals surface area contributed by atoms with E-state index in [0.29, 0.717) is 48.2 Å². The lowest BCUT2D eigenvalue weighted by Gasteiger charge is -2.42. The summed E-state index contributed by atoms with van der Waals surface area (Å²) >= 11 is 0. The molecule has 10 heteroatoms. The van der Waals surface area contributed by atoms with E-state index in [0.717, 1.165) is 18.7 Å². The van der Waals surface area contributed by atoms with Crippen LogP contribution in [0.25, 0.3) is 10.9 Å². The fraction of sp³-hybridized carbons (Fsp3) is 0.481. The Balaban J connectivity index is 1.75. The van der Waals surface area contributed by atoms with Gasteiger partial charge in [0.15, 0.2) is 0 Å². The van der Waals surface area contributed by atoms with Gasteiger partial charge in [0.05, 0.1) is 17.5 Å². The van der Waals surface area contributed by atoms with Crippen molar-refractivity contribution in [3.63, 3.8) is 0 Å². The van der Waals surface area contributed by atoms with E-state index < -0.39 is 23.2 Å². The van der Waals surface area contributed by atoms with E-state index in [2.05, 4.69) is 34.7 Å². The van der Waals surface area contributed by atoms with Crippen LogP contribution >= 0.6 is 0 Å². The number of fused-ring (bicyclic) bond motifs is 1. The molecule has 6 N–H and O–H groups in total. The summed E-state index contributed by atoms with van der Waals surface area (Å²) in [4.78, 5) is 39.8. The van der Waals surface area contributed by atoms with Crippen LogP contribution in [0, 0.1) is 11.8 Å². The van der Waals surface area contributed by atoms with Crippen LogP contribution < -0.4 is 16.4 Å². The Bertz CT molecular complexity index is 1280. The van der Waals surface area contributed by atoms with Crippen molar-refractivity contribution >= 4 is 34.5 Å². The summed E-state index contributed by atoms with van der Waals surface area (Å²) in [6, 6.07) is 8.85. The fourth-order valence-corrected chi connectivity index (χ4v) is 5.99. The third-order valence-corrected chi connectivity index (χ3v) is 7.56. The second-order valence-corrected chi connectivity index (χ2v) is 10.4. The van der Waals surface area contributed by atoms with Gasteiger partial charge in [-0.3, -0.25) is 14.7 Å². The lowest BCUT2D eigenvalue weighted by molar-refractivity contribution is -0.137. The molecular formula is C27H36N6O4. The lowest BCUT2D eigenvalue weighted by Crippen LogP contribution is -2.56. The quantitative estimate of drug-likeness (QED) is 0.283. The number of aromatic amines is 1. The second-order valence-electron chi connectivity index (χ2n) is 10.4. The number of hydrogen-bond donors (Lipinski definition) is 5. The number of anilines is 1. The molecule has 4 rings (SSSR count). The molecule has 1 unspecified atom stereocenters. The van der Waals surface area contributed by atoms with Gasteiger partial charge >= 0.3 is 5.97 Å². The smallest absolute Gasteiger partial charge is 0.352 e. The number of amides is 2. The van der Waals surface area contributed by atoms with Gasteiger partial charge in [0.1, 0.15) is 11.5 Å². The predicted octanol–water partition coefficient (Wildman–Crippen LogP) is 3.16. The minimum absolute atomic E-state index is 0.000609. The number of rotatable bonds is 10. The number of carboxylic acids is 1. The number of primary amides is 1. The van der Waals surface area contributed by atoms with Crippen molar-refractivity contribution in [1.29, 1.82) is 0 Å². The predicted molar refractivity (Wildman–Crippen MR) is 141 cm³/mol. The van der Waals surface area contributed by atoms with Gasteiger partial charge in [-0.2, -0.15) is 5.10 Å². The number of hydrogen-bond acceptors (Lipinski definition) is 5. The number of H-pyrrole nitrogens is 1. The van der Waals surface area contributed by atoms with E-state index in [-0.39, 0.29) is 17.6 Å². The Morgan fingerprint density at radius 3 is 2.65 bits per heavy atom. The molecule has 0 spiro atoms. The molecule has 1 fully saturated rings. The lowest BCUT2D eigenvalue weighted by atomic mass is 9.60. The number of benzene rings is 1. The third-order valence-electron chi connectivity index (χ3n) is 7.56. The minimum Gasteiger partial charge on any atom is -0.477 e. The van der Waals surface area contributed by atoms with Gasteiger partial charge in [0, 0.05) is 36.1 Å². The average molecular weight is 509 g/mol. The number of carbonyl (C=O) groups is 3. The van der Waals surface area contributed by atoms with Gasteiger partial charge in [-0.15, -0.1) is 0 Å². The molecule has 3 aromatic rings. The molecule has 10 nitrogen and oxygen atoms in total. The highest BCUT2D eigenvalue weighted by atomic mass is 16.4. The zero-order chi connectivity index (χ0) is 26.7. The maximum Gasteiger partial charge on any atom is 0.352 e. The fourth-order valence-electron chi connectivity index (χ4n) is 5.99. The van der Waals surface area contributed by atoms with Gasteiger partial charge in [0.25, 0.3) is 0 Å². The molecule has 0 aliphatic heterocycles. The summed E-state index contributed by atoms with van der Waals surface area (Å²) in [7, 11) is 1.67. The number of nitrogens with zero attached hydrogens (tertiary/aromatic N) is 2. The third kappa shape index (κ3) is 4.92. The van der Waals surface area contributed by atoms with Crippen molar-refractivity contribution in [1.82, 2.24) is 20.1 Å². The molecule has 0 bridgehead atoms. The Hall–Kier alpha value is -3.82. The molecule has 2 aromatic heterocycles. The number of carbonyl (C=O) groups excluding carboxylic acids is 2. The maximum atomic E-state index is 13.9. The van der Waals surface area contributed by atoms with Crippen LogP contribution in [0.3, 0.4) is 0 Å². The number of aromatic carboxylic acids is 1. The van der Waals surface area contributed by atoms with Gasteiger partial charge in [-0.05, 0) is 37.3 Å². The van der Waals surface area contributed by atoms with Gasteiger partial charge in [0.2, 0.25) is 11.8 Å². The maximum absolute atomic E-state index is 13.9. The largest absolute Gasteiger partial charge is 0.477 e. The number of nitrogens with one attached hydrogen (secondary N) is 3. The Kier molecular flexibility index (Phi) is 7.56. The molecule has 1 aromatic carbocycles. The van der Waals surface area contributed by atoms with Crippen molar-refractivity contribution in [3.05, 3.63) is 47.8 Å². The zero-order valence-electron chi connectivity index (χ0n) is 21.6. The molecule has 0 saturated heterocycles. The van der Waals surface area contributed by atoms with Gasteiger partial charge in [-0.25, -0.2) is 4.79 Å². The first-order valence-electron chi connectivity index (χ1n) is 12.8. The van der Waals surface area contributed by atoms with Crippen LogP contribution in [0.4, 0.5) is 5.82 Å². The molecule has 2 amide bonds. The number of carboxylic acid groups (broad SMARTS) is 1. The molecule has 198 valence electrons. The Labute approximate surface area is 216 Å². The van der Waals surface area contributed by atoms with Crippen LogP contribution in [-0.2, 0) is 22.1 Å². The van der Waals surface area contributed by atoms with E-state index in [4.69, 9.17) is 5.73 Å². The second kappa shape index (κ2) is 10.7. The first-order valence-corrected chi connectivity index (χ1v) is 12.8. The van der Waals surface area contributed by atoms with E-state index in [1.807, 2.05) is 18.2 Å². The molecule has 1 saturated carbocycles. The van der Waals surface area contributed by atoms with E-state index >= 15 is 0 Å². The summed E-state index contributed by atoms with van der Waals surface area (Å²) < 4.78 is 1.58. The normalized spacial score (nSPS) is 20.6. The highest BCUT2D eigenvalue weighted by Crippen LogP contribution is 2.48. The molecule has 2 heterocycles. The monoisotopic (exact) mass is 508 g/mol. The van der Waals surface area contributed by atoms with Crippen LogP contribution in [-0.4, -0.2) is 50.2 Å². The number of para-hydroxylation sites is 1. The first kappa shape index (κ1) is 26.2. The van der Waals surface area contributed by atoms with Crippen LogP contribution in [0.1, 0.15) is 62.0 Å². The Morgan fingerprint density at radius 2 is 2.00 bits per heavy atom. The standard InChI is InChI=1S/C27H36N6O4/c1-16(2)14-17(15-29-21-11-13-30-32-21)31-24(34)19-9-6-7-12-27(19,26(28)37)22-18-8-4-5-10-20(18)33(3)23(22)25(35)36/h4-5,8,10-11,13,16-17,19H,6-7,9,12,14-15H2,1-3H3,(H2,28,37)(H,31,34)(H,35,36)(H2,29,30,32)/t17?,19-,27-/m0/s1. The number of nitrogens with two attached hydrogens (primary N) is 1. The topological polar surface area (TPSA) is 155 Å². The van der Waals surface area contributed by atoms with Crippen molar-refractivity contribution in [2.75, 3.05) is 11.9 Å². The van der Waals surface area contributed by atoms with Gasteiger partial charge in [-0.1, -0.05) is 44.9 Å². The van der Waals surface area contributed by atoms with E-state index in [1.54, 1.807) is 29.9 Å². The summed E-state index contributed by atoms with van der Waals surface area (Å²) in [5, 5.41) is 24.1. The SMILES string of the molecule is CC(C)CC(CNc1ccn[nH]1)NC(=O)[C@@H]1CCCC[C@@]1(C(N)=O)c1c(C(=O)O)n(C)c2ccccc12. The molecular weight excluding hydrogens is 472 g/mol. The Morgan fingerprint density at radius 1 is 1.24 bits per heavy atom. The first-order chi connectivity index (χ1) is 17.7. The number of aryl methyl sites for hydroxylation is 1. The van der Waals surface area contributed by atoms with Crippen molar-refractivity contribution in [3.8, 4) is 0 Å². The van der Waals surface area contributed by atoms with Crippen LogP contribution in [0.15, 0.2) is 36.5 Å². The molecule has 1 aliphatic carbocycles. The van der Waals surface area contributed by atoms with Crippen molar-refractivity contribution in [2.45, 2.75) is 57.4 Å². The highest BCUT2D eigenvalue weighted by Gasteiger charge is 2.54. The van der Waals surface area contributed by atoms with Crippen LogP contribution in [0.2, 0.25) is 0 Å². The van der Waals surface area contributed by atoms with E-state index in [9.17, 15) is 19.5 Å². The van der Waals surface area contributed by atoms with Crippen molar-refractivity contribution < 1.29 is 19.5 Å². The molecule has 37 heavy (non-hydrogen) atoms. The average Bonchev–Trinajstić information content (AvgIpc) is 3.48. The molecule has 3 atom stereocenters. The number of aromatic nitrogens is 3.